The molecule has 1 fully saturated rings. The highest BCUT2D eigenvalue weighted by Gasteiger charge is 2.46. The fraction of sp³-hybridized carbons (Fsp3) is 0.333. The molecule has 0 saturated carbocycles. The van der Waals surface area contributed by atoms with E-state index in [2.05, 4.69) is 6.92 Å². The number of benzene rings is 2. The van der Waals surface area contributed by atoms with Crippen LogP contribution in [-0.4, -0.2) is 28.2 Å². The first-order valence-electron chi connectivity index (χ1n) is 10.1. The number of likely N-dealkylation sites (tertiary alicyclic amines) is 1. The molecule has 152 valence electrons. The number of halogens is 1. The second-order valence-corrected chi connectivity index (χ2v) is 7.85. The van der Waals surface area contributed by atoms with Gasteiger partial charge in [0.05, 0.1) is 11.6 Å². The molecule has 1 heterocycles. The van der Waals surface area contributed by atoms with Crippen molar-refractivity contribution in [1.29, 1.82) is 0 Å². The van der Waals surface area contributed by atoms with E-state index < -0.39 is 17.7 Å². The number of amides is 1. The Morgan fingerprint density at radius 3 is 2.38 bits per heavy atom. The minimum Gasteiger partial charge on any atom is -0.507 e. The van der Waals surface area contributed by atoms with Crippen molar-refractivity contribution in [3.05, 3.63) is 75.8 Å². The first kappa shape index (κ1) is 21.1. The van der Waals surface area contributed by atoms with Crippen molar-refractivity contribution in [3.63, 3.8) is 0 Å². The Balaban J connectivity index is 2.08. The molecule has 1 N–H and O–H groups in total. The van der Waals surface area contributed by atoms with E-state index in [0.717, 1.165) is 31.2 Å². The normalized spacial score (nSPS) is 18.4. The molecule has 1 aliphatic rings. The maximum Gasteiger partial charge on any atom is 0.295 e. The monoisotopic (exact) mass is 411 g/mol. The predicted octanol–water partition coefficient (Wildman–Crippen LogP) is 5.65. The van der Waals surface area contributed by atoms with Gasteiger partial charge in [-0.3, -0.25) is 9.59 Å². The zero-order valence-corrected chi connectivity index (χ0v) is 17.6. The number of hydrogen-bond acceptors (Lipinski definition) is 3. The summed E-state index contributed by atoms with van der Waals surface area (Å²) in [7, 11) is 0. The van der Waals surface area contributed by atoms with Crippen molar-refractivity contribution < 1.29 is 14.7 Å². The minimum absolute atomic E-state index is 0.0995. The molecule has 0 unspecified atom stereocenters. The van der Waals surface area contributed by atoms with E-state index in [-0.39, 0.29) is 11.3 Å². The van der Waals surface area contributed by atoms with Crippen LogP contribution in [0, 0.1) is 6.92 Å². The quantitative estimate of drug-likeness (QED) is 0.277. The van der Waals surface area contributed by atoms with Crippen LogP contribution in [0.1, 0.15) is 55.3 Å². The topological polar surface area (TPSA) is 57.6 Å². The van der Waals surface area contributed by atoms with Crippen LogP contribution in [-0.2, 0) is 9.59 Å². The first-order chi connectivity index (χ1) is 14.0. The van der Waals surface area contributed by atoms with Gasteiger partial charge in [0, 0.05) is 17.1 Å². The van der Waals surface area contributed by atoms with Crippen molar-refractivity contribution in [2.45, 2.75) is 45.6 Å². The summed E-state index contributed by atoms with van der Waals surface area (Å²) in [6.45, 7) is 4.52. The number of unbranched alkanes of at least 4 members (excludes halogenated alkanes) is 3. The second kappa shape index (κ2) is 9.27. The van der Waals surface area contributed by atoms with Gasteiger partial charge in [0.15, 0.2) is 0 Å². The summed E-state index contributed by atoms with van der Waals surface area (Å²) in [5.41, 5.74) is 2.30. The van der Waals surface area contributed by atoms with Crippen LogP contribution in [0.15, 0.2) is 54.1 Å². The van der Waals surface area contributed by atoms with Crippen molar-refractivity contribution in [3.8, 4) is 0 Å². The molecule has 0 aromatic heterocycles. The van der Waals surface area contributed by atoms with Crippen molar-refractivity contribution in [1.82, 2.24) is 4.90 Å². The van der Waals surface area contributed by atoms with Crippen LogP contribution in [0.2, 0.25) is 5.02 Å². The number of nitrogens with zero attached hydrogens (tertiary/aromatic N) is 1. The van der Waals surface area contributed by atoms with E-state index in [4.69, 9.17) is 11.6 Å². The fourth-order valence-electron chi connectivity index (χ4n) is 3.71. The highest BCUT2D eigenvalue weighted by Crippen LogP contribution is 2.41. The summed E-state index contributed by atoms with van der Waals surface area (Å²) in [4.78, 5) is 27.3. The van der Waals surface area contributed by atoms with Gasteiger partial charge in [-0.05, 0) is 25.0 Å². The zero-order valence-electron chi connectivity index (χ0n) is 16.8. The Morgan fingerprint density at radius 1 is 1.03 bits per heavy atom. The minimum atomic E-state index is -0.688. The molecule has 1 saturated heterocycles. The summed E-state index contributed by atoms with van der Waals surface area (Å²) >= 11 is 6.43. The zero-order chi connectivity index (χ0) is 21.0. The number of aryl methyl sites for hydroxylation is 1. The predicted molar refractivity (Wildman–Crippen MR) is 116 cm³/mol. The highest BCUT2D eigenvalue weighted by molar-refractivity contribution is 6.47. The van der Waals surface area contributed by atoms with Gasteiger partial charge in [-0.25, -0.2) is 0 Å². The van der Waals surface area contributed by atoms with Gasteiger partial charge in [-0.15, -0.1) is 0 Å². The molecule has 29 heavy (non-hydrogen) atoms. The average molecular weight is 412 g/mol. The summed E-state index contributed by atoms with van der Waals surface area (Å²) in [6.07, 6.45) is 3.93. The third kappa shape index (κ3) is 4.38. The molecule has 1 amide bonds. The average Bonchev–Trinajstić information content (AvgIpc) is 2.96. The van der Waals surface area contributed by atoms with E-state index in [1.54, 1.807) is 35.2 Å². The Hall–Kier alpha value is -2.59. The van der Waals surface area contributed by atoms with Crippen molar-refractivity contribution in [2.24, 2.45) is 0 Å². The number of rotatable bonds is 7. The Morgan fingerprint density at radius 2 is 1.72 bits per heavy atom. The lowest BCUT2D eigenvalue weighted by Crippen LogP contribution is -2.30. The Bertz CT molecular complexity index is 933. The summed E-state index contributed by atoms with van der Waals surface area (Å²) in [5.74, 6) is -1.41. The first-order valence-corrected chi connectivity index (χ1v) is 10.4. The second-order valence-electron chi connectivity index (χ2n) is 7.44. The van der Waals surface area contributed by atoms with Gasteiger partial charge in [-0.2, -0.15) is 0 Å². The number of hydrogen-bond donors (Lipinski definition) is 1. The number of carbonyl (C=O) groups is 2. The Kier molecular flexibility index (Phi) is 6.75. The molecule has 1 aliphatic heterocycles. The van der Waals surface area contributed by atoms with Crippen LogP contribution < -0.4 is 0 Å². The molecule has 3 rings (SSSR count). The fourth-order valence-corrected chi connectivity index (χ4v) is 3.95. The molecule has 1 atom stereocenters. The summed E-state index contributed by atoms with van der Waals surface area (Å²) in [6, 6.07) is 13.7. The van der Waals surface area contributed by atoms with Crippen molar-refractivity contribution >= 4 is 29.1 Å². The molecule has 0 aliphatic carbocycles. The lowest BCUT2D eigenvalue weighted by atomic mass is 9.95. The largest absolute Gasteiger partial charge is 0.507 e. The van der Waals surface area contributed by atoms with Crippen LogP contribution in [0.4, 0.5) is 0 Å². The molecule has 0 bridgehead atoms. The molecule has 0 radical (unpaired) electrons. The maximum absolute atomic E-state index is 12.9. The van der Waals surface area contributed by atoms with Crippen LogP contribution in [0.25, 0.3) is 5.76 Å². The van der Waals surface area contributed by atoms with Crippen LogP contribution in [0.3, 0.4) is 0 Å². The third-order valence-corrected chi connectivity index (χ3v) is 5.66. The number of Topliss-reactive ketones (excluding diaryl/α,β-unsaturated/α-hetero) is 1. The molecular formula is C24H26ClNO3. The third-order valence-electron chi connectivity index (χ3n) is 5.32. The lowest BCUT2D eigenvalue weighted by Gasteiger charge is -2.26. The maximum atomic E-state index is 12.9. The number of aliphatic hydroxyl groups is 1. The molecule has 5 heteroatoms. The van der Waals surface area contributed by atoms with E-state index in [1.165, 1.54) is 0 Å². The molecule has 2 aromatic carbocycles. The van der Waals surface area contributed by atoms with Crippen LogP contribution in [0.5, 0.6) is 0 Å². The molecular weight excluding hydrogens is 386 g/mol. The number of aliphatic hydroxyl groups excluding tert-OH is 1. The highest BCUT2D eigenvalue weighted by atomic mass is 35.5. The molecule has 4 nitrogen and oxygen atoms in total. The van der Waals surface area contributed by atoms with E-state index in [9.17, 15) is 14.7 Å². The van der Waals surface area contributed by atoms with Crippen molar-refractivity contribution in [2.75, 3.05) is 6.54 Å². The number of ketones is 1. The van der Waals surface area contributed by atoms with Gasteiger partial charge >= 0.3 is 0 Å². The van der Waals surface area contributed by atoms with Gasteiger partial charge in [0.2, 0.25) is 0 Å². The van der Waals surface area contributed by atoms with E-state index in [1.807, 2.05) is 25.1 Å². The van der Waals surface area contributed by atoms with Gasteiger partial charge in [0.1, 0.15) is 5.76 Å². The van der Waals surface area contributed by atoms with E-state index >= 15 is 0 Å². The molecule has 0 spiro atoms. The van der Waals surface area contributed by atoms with Gasteiger partial charge < -0.3 is 10.0 Å². The Labute approximate surface area is 176 Å². The SMILES string of the molecule is CCCCCCN1C(=O)C(=O)C(=C(O)c2ccc(C)cc2)[C@@H]1c1ccccc1Cl. The number of carbonyl (C=O) groups excluding carboxylic acids is 2. The molecule has 2 aromatic rings. The van der Waals surface area contributed by atoms with Gasteiger partial charge in [0.25, 0.3) is 11.7 Å². The smallest absolute Gasteiger partial charge is 0.295 e. The van der Waals surface area contributed by atoms with E-state index in [0.29, 0.717) is 22.7 Å². The standard InChI is InChI=1S/C24H26ClNO3/c1-3-4-5-8-15-26-21(18-9-6-7-10-19(18)25)20(23(28)24(26)29)22(27)17-13-11-16(2)12-14-17/h6-7,9-14,21,27H,3-5,8,15H2,1-2H3/t21-/m0/s1. The summed E-state index contributed by atoms with van der Waals surface area (Å²) < 4.78 is 0. The van der Waals surface area contributed by atoms with Gasteiger partial charge in [-0.1, -0.05) is 85.8 Å². The lowest BCUT2D eigenvalue weighted by molar-refractivity contribution is -0.139. The van der Waals surface area contributed by atoms with Crippen LogP contribution >= 0.6 is 11.6 Å². The summed E-state index contributed by atoms with van der Waals surface area (Å²) in [5, 5.41) is 11.5.